The Hall–Kier alpha value is -1.05. The van der Waals surface area contributed by atoms with Crippen molar-refractivity contribution < 1.29 is 52.4 Å². The number of aryl methyl sites for hydroxylation is 1. The van der Waals surface area contributed by atoms with E-state index < -0.39 is 10.1 Å². The average molecular weight is 485 g/mol. The fourth-order valence-electron chi connectivity index (χ4n) is 3.80. The molecule has 33 heavy (non-hydrogen) atoms. The molecule has 0 aliphatic rings. The molecular formula is C26H37NaO5S. The summed E-state index contributed by atoms with van der Waals surface area (Å²) in [7, 11) is -4.43. The van der Waals surface area contributed by atoms with E-state index in [0.717, 1.165) is 24.8 Å². The van der Waals surface area contributed by atoms with Gasteiger partial charge in [0.1, 0.15) is 16.4 Å². The van der Waals surface area contributed by atoms with Crippen LogP contribution in [0.5, 0.6) is 17.2 Å². The van der Waals surface area contributed by atoms with Gasteiger partial charge in [0.25, 0.3) is 10.1 Å². The predicted molar refractivity (Wildman–Crippen MR) is 127 cm³/mol. The number of hydrogen-bond acceptors (Lipinski definition) is 4. The van der Waals surface area contributed by atoms with Crippen molar-refractivity contribution >= 4 is 10.1 Å². The Bertz CT molecular complexity index is 897. The van der Waals surface area contributed by atoms with Gasteiger partial charge in [-0.1, -0.05) is 95.8 Å². The zero-order valence-corrected chi connectivity index (χ0v) is 23.0. The molecule has 7 heteroatoms. The Balaban J connectivity index is 0.00000544. The number of ether oxygens (including phenoxy) is 1. The Morgan fingerprint density at radius 2 is 1.30 bits per heavy atom. The molecule has 2 aromatic carbocycles. The van der Waals surface area contributed by atoms with Crippen molar-refractivity contribution in [2.24, 2.45) is 0 Å². The van der Waals surface area contributed by atoms with Crippen LogP contribution in [0, 0.1) is 0 Å². The normalized spacial score (nSPS) is 11.2. The van der Waals surface area contributed by atoms with E-state index in [2.05, 4.69) is 6.92 Å². The fraction of sp³-hybridized carbons (Fsp3) is 0.538. The molecule has 0 unspecified atom stereocenters. The molecule has 0 fully saturated rings. The molecular weight excluding hydrogens is 447 g/mol. The zero-order valence-electron chi connectivity index (χ0n) is 20.2. The number of hydrogen-bond donors (Lipinski definition) is 1. The van der Waals surface area contributed by atoms with Crippen molar-refractivity contribution in [2.45, 2.75) is 95.3 Å². The molecule has 0 heterocycles. The summed E-state index contributed by atoms with van der Waals surface area (Å²) in [6.07, 6.45) is 16.0. The first-order valence-electron chi connectivity index (χ1n) is 12.0. The molecule has 0 atom stereocenters. The number of rotatable bonds is 16. The van der Waals surface area contributed by atoms with Crippen LogP contribution in [0.2, 0.25) is 0 Å². The van der Waals surface area contributed by atoms with Crippen LogP contribution in [-0.2, 0) is 16.5 Å². The molecule has 0 saturated carbocycles. The second-order valence-corrected chi connectivity index (χ2v) is 9.86. The standard InChI is InChI=1S/C26H38O5S.Na/c1-2-3-4-5-6-7-8-9-10-11-12-13-14-22-15-20-25(26(21-22)32(28,29)30)31-24-18-16-23(27)17-19-24;/h15-21,27H,2-14H2,1H3,(H,28,29,30);/q;+1/p-1. The minimum absolute atomic E-state index is 0. The van der Waals surface area contributed by atoms with Crippen molar-refractivity contribution in [1.82, 2.24) is 0 Å². The molecule has 2 aromatic rings. The van der Waals surface area contributed by atoms with Crippen molar-refractivity contribution in [2.75, 3.05) is 0 Å². The maximum atomic E-state index is 11.9. The minimum Gasteiger partial charge on any atom is -0.872 e. The van der Waals surface area contributed by atoms with Gasteiger partial charge in [-0.15, -0.1) is 5.75 Å². The third-order valence-electron chi connectivity index (χ3n) is 5.66. The molecule has 0 radical (unpaired) electrons. The maximum Gasteiger partial charge on any atom is 1.00 e. The molecule has 1 N–H and O–H groups in total. The Morgan fingerprint density at radius 1 is 0.788 bits per heavy atom. The monoisotopic (exact) mass is 484 g/mol. The second kappa shape index (κ2) is 16.6. The van der Waals surface area contributed by atoms with Gasteiger partial charge in [0.05, 0.1) is 0 Å². The van der Waals surface area contributed by atoms with E-state index in [4.69, 9.17) is 4.74 Å². The number of unbranched alkanes of at least 4 members (excludes halogenated alkanes) is 11. The summed E-state index contributed by atoms with van der Waals surface area (Å²) >= 11 is 0. The van der Waals surface area contributed by atoms with Crippen LogP contribution in [0.3, 0.4) is 0 Å². The third-order valence-corrected chi connectivity index (χ3v) is 6.53. The Morgan fingerprint density at radius 3 is 1.82 bits per heavy atom. The average Bonchev–Trinajstić information content (AvgIpc) is 2.76. The van der Waals surface area contributed by atoms with Gasteiger partial charge in [-0.3, -0.25) is 4.55 Å². The Labute approximate surface area is 222 Å². The van der Waals surface area contributed by atoms with Crippen LogP contribution >= 0.6 is 0 Å². The summed E-state index contributed by atoms with van der Waals surface area (Å²) in [6, 6.07) is 10.5. The first kappa shape index (κ1) is 30.0. The predicted octanol–water partition coefficient (Wildman–Crippen LogP) is 4.05. The summed E-state index contributed by atoms with van der Waals surface area (Å²) in [5.74, 6) is 0.220. The summed E-state index contributed by atoms with van der Waals surface area (Å²) in [5.41, 5.74) is 0.854. The maximum absolute atomic E-state index is 11.9. The van der Waals surface area contributed by atoms with E-state index in [1.807, 2.05) is 6.07 Å². The van der Waals surface area contributed by atoms with Gasteiger partial charge in [-0.25, -0.2) is 0 Å². The van der Waals surface area contributed by atoms with E-state index in [1.165, 1.54) is 94.5 Å². The van der Waals surface area contributed by atoms with Gasteiger partial charge in [-0.2, -0.15) is 8.42 Å². The molecule has 0 aliphatic carbocycles. The smallest absolute Gasteiger partial charge is 0.872 e. The van der Waals surface area contributed by atoms with Crippen LogP contribution in [0.1, 0.15) is 89.5 Å². The SMILES string of the molecule is CCCCCCCCCCCCCCc1ccc(Oc2ccc([O-])cc2)c(S(=O)(=O)O)c1.[Na+]. The molecule has 0 bridgehead atoms. The molecule has 0 aromatic heterocycles. The molecule has 0 saturated heterocycles. The number of benzene rings is 2. The summed E-state index contributed by atoms with van der Waals surface area (Å²) in [6.45, 7) is 2.24. The first-order chi connectivity index (χ1) is 15.4. The van der Waals surface area contributed by atoms with Gasteiger partial charge < -0.3 is 9.84 Å². The molecule has 0 spiro atoms. The van der Waals surface area contributed by atoms with E-state index >= 15 is 0 Å². The van der Waals surface area contributed by atoms with Crippen LogP contribution < -0.4 is 39.4 Å². The van der Waals surface area contributed by atoms with Gasteiger partial charge in [0.15, 0.2) is 0 Å². The molecule has 5 nitrogen and oxygen atoms in total. The van der Waals surface area contributed by atoms with Crippen LogP contribution in [0.4, 0.5) is 0 Å². The Kier molecular flexibility index (Phi) is 15.0. The van der Waals surface area contributed by atoms with Gasteiger partial charge in [0, 0.05) is 0 Å². The molecule has 0 aliphatic heterocycles. The largest absolute Gasteiger partial charge is 1.00 e. The first-order valence-corrected chi connectivity index (χ1v) is 13.4. The van der Waals surface area contributed by atoms with Crippen molar-refractivity contribution in [3.63, 3.8) is 0 Å². The quantitative estimate of drug-likeness (QED) is 0.221. The van der Waals surface area contributed by atoms with Crippen molar-refractivity contribution in [3.05, 3.63) is 48.0 Å². The van der Waals surface area contributed by atoms with Gasteiger partial charge >= 0.3 is 29.6 Å². The fourth-order valence-corrected chi connectivity index (χ4v) is 4.46. The minimum atomic E-state index is -4.43. The van der Waals surface area contributed by atoms with Crippen LogP contribution in [0.15, 0.2) is 47.4 Å². The molecule has 2 rings (SSSR count). The summed E-state index contributed by atoms with van der Waals surface area (Å²) in [5, 5.41) is 11.2. The molecule has 178 valence electrons. The van der Waals surface area contributed by atoms with Crippen LogP contribution in [-0.4, -0.2) is 13.0 Å². The van der Waals surface area contributed by atoms with E-state index in [0.29, 0.717) is 5.75 Å². The van der Waals surface area contributed by atoms with Crippen LogP contribution in [0.25, 0.3) is 0 Å². The zero-order chi connectivity index (χ0) is 23.2. The third kappa shape index (κ3) is 12.3. The van der Waals surface area contributed by atoms with E-state index in [-0.39, 0.29) is 46.0 Å². The summed E-state index contributed by atoms with van der Waals surface area (Å²) in [4.78, 5) is -0.250. The van der Waals surface area contributed by atoms with Crippen molar-refractivity contribution in [1.29, 1.82) is 0 Å². The van der Waals surface area contributed by atoms with Gasteiger partial charge in [-0.05, 0) is 42.7 Å². The van der Waals surface area contributed by atoms with Gasteiger partial charge in [0.2, 0.25) is 0 Å². The molecule has 0 amide bonds. The second-order valence-electron chi connectivity index (χ2n) is 8.47. The summed E-state index contributed by atoms with van der Waals surface area (Å²) < 4.78 is 38.9. The topological polar surface area (TPSA) is 86.7 Å². The van der Waals surface area contributed by atoms with E-state index in [9.17, 15) is 18.1 Å². The van der Waals surface area contributed by atoms with E-state index in [1.54, 1.807) is 6.07 Å². The van der Waals surface area contributed by atoms with Crippen molar-refractivity contribution in [3.8, 4) is 17.2 Å².